The van der Waals surface area contributed by atoms with E-state index in [4.69, 9.17) is 16.3 Å². The number of halogens is 1. The molecule has 5 nitrogen and oxygen atoms in total. The highest BCUT2D eigenvalue weighted by molar-refractivity contribution is 7.89. The van der Waals surface area contributed by atoms with Crippen LogP contribution in [0.25, 0.3) is 5.57 Å². The molecule has 1 spiro atoms. The average molecular weight is 460 g/mol. The summed E-state index contributed by atoms with van der Waals surface area (Å²) in [4.78, 5) is 12.7. The minimum atomic E-state index is -3.57. The summed E-state index contributed by atoms with van der Waals surface area (Å²) in [6.07, 6.45) is 3.51. The number of benzene rings is 2. The van der Waals surface area contributed by atoms with Gasteiger partial charge in [0.1, 0.15) is 0 Å². The summed E-state index contributed by atoms with van der Waals surface area (Å²) in [6, 6.07) is 14.4. The third kappa shape index (κ3) is 3.93. The van der Waals surface area contributed by atoms with Crippen LogP contribution in [0.4, 0.5) is 0 Å². The van der Waals surface area contributed by atoms with Gasteiger partial charge in [0.05, 0.1) is 17.4 Å². The van der Waals surface area contributed by atoms with Crippen molar-refractivity contribution in [3.63, 3.8) is 0 Å². The third-order valence-electron chi connectivity index (χ3n) is 6.38. The highest BCUT2D eigenvalue weighted by Crippen LogP contribution is 2.49. The second-order valence-corrected chi connectivity index (χ2v) is 10.5. The smallest absolute Gasteiger partial charge is 0.313 e. The number of allylic oxidation sites excluding steroid dienone is 1. The van der Waals surface area contributed by atoms with Crippen LogP contribution in [0.2, 0.25) is 5.02 Å². The molecule has 0 bridgehead atoms. The number of ether oxygens (including phenoxy) is 1. The fourth-order valence-corrected chi connectivity index (χ4v) is 6.24. The Hall–Kier alpha value is -2.15. The summed E-state index contributed by atoms with van der Waals surface area (Å²) in [7, 11) is -3.57. The molecule has 1 aliphatic heterocycles. The van der Waals surface area contributed by atoms with Gasteiger partial charge < -0.3 is 4.74 Å². The molecule has 1 atom stereocenters. The molecule has 1 unspecified atom stereocenters. The second-order valence-electron chi connectivity index (χ2n) is 8.13. The molecule has 0 N–H and O–H groups in total. The van der Waals surface area contributed by atoms with Crippen LogP contribution in [0.3, 0.4) is 0 Å². The summed E-state index contributed by atoms with van der Waals surface area (Å²) < 4.78 is 33.0. The van der Waals surface area contributed by atoms with Crippen molar-refractivity contribution in [1.82, 2.24) is 4.31 Å². The summed E-state index contributed by atoms with van der Waals surface area (Å²) in [6.45, 7) is 4.86. The summed E-state index contributed by atoms with van der Waals surface area (Å²) in [5.41, 5.74) is 2.95. The van der Waals surface area contributed by atoms with E-state index in [-0.39, 0.29) is 22.2 Å². The first-order valence-electron chi connectivity index (χ1n) is 10.5. The van der Waals surface area contributed by atoms with Gasteiger partial charge in [-0.05, 0) is 67.7 Å². The molecule has 0 radical (unpaired) electrons. The average Bonchev–Trinajstić information content (AvgIpc) is 3.08. The Bertz CT molecular complexity index is 1120. The van der Waals surface area contributed by atoms with Gasteiger partial charge in [-0.2, -0.15) is 4.31 Å². The number of carbonyl (C=O) groups is 1. The highest BCUT2D eigenvalue weighted by Gasteiger charge is 2.44. The van der Waals surface area contributed by atoms with Crippen LogP contribution in [0, 0.1) is 5.92 Å². The number of nitrogens with zero attached hydrogens (tertiary/aromatic N) is 1. The molecule has 2 aliphatic rings. The van der Waals surface area contributed by atoms with Gasteiger partial charge in [-0.1, -0.05) is 41.9 Å². The van der Waals surface area contributed by atoms with E-state index in [9.17, 15) is 13.2 Å². The van der Waals surface area contributed by atoms with E-state index in [0.717, 1.165) is 11.1 Å². The van der Waals surface area contributed by atoms with Crippen molar-refractivity contribution in [1.29, 1.82) is 0 Å². The van der Waals surface area contributed by atoms with Crippen molar-refractivity contribution in [3.05, 3.63) is 70.8 Å². The SMILES string of the molecule is CCOC(=O)C(C)C1=CC2(CCN(S(=O)(=O)c3ccc(Cl)cc3)CC2)c2ccccc21. The van der Waals surface area contributed by atoms with Crippen molar-refractivity contribution < 1.29 is 17.9 Å². The first kappa shape index (κ1) is 22.1. The number of hydrogen-bond acceptors (Lipinski definition) is 4. The molecule has 1 aliphatic carbocycles. The molecular formula is C24H26ClNO4S. The second kappa shape index (κ2) is 8.41. The van der Waals surface area contributed by atoms with E-state index in [1.54, 1.807) is 35.5 Å². The zero-order valence-electron chi connectivity index (χ0n) is 17.7. The number of carbonyl (C=O) groups excluding carboxylic acids is 1. The Kier molecular flexibility index (Phi) is 5.99. The quantitative estimate of drug-likeness (QED) is 0.610. The highest BCUT2D eigenvalue weighted by atomic mass is 35.5. The molecule has 1 fully saturated rings. The molecular weight excluding hydrogens is 434 g/mol. The van der Waals surface area contributed by atoms with Crippen molar-refractivity contribution in [2.75, 3.05) is 19.7 Å². The lowest BCUT2D eigenvalue weighted by atomic mass is 9.75. The first-order valence-corrected chi connectivity index (χ1v) is 12.4. The van der Waals surface area contributed by atoms with Crippen molar-refractivity contribution >= 4 is 33.2 Å². The molecule has 1 heterocycles. The molecule has 0 saturated carbocycles. The van der Waals surface area contributed by atoms with Crippen LogP contribution < -0.4 is 0 Å². The monoisotopic (exact) mass is 459 g/mol. The molecule has 7 heteroatoms. The fourth-order valence-electron chi connectivity index (χ4n) is 4.67. The van der Waals surface area contributed by atoms with Crippen LogP contribution in [-0.2, 0) is 25.0 Å². The largest absolute Gasteiger partial charge is 0.466 e. The Labute approximate surface area is 188 Å². The molecule has 0 amide bonds. The van der Waals surface area contributed by atoms with Crippen molar-refractivity contribution in [2.24, 2.45) is 5.92 Å². The Morgan fingerprint density at radius 2 is 1.77 bits per heavy atom. The lowest BCUT2D eigenvalue weighted by Gasteiger charge is -2.38. The van der Waals surface area contributed by atoms with Crippen LogP contribution in [0.5, 0.6) is 0 Å². The molecule has 4 rings (SSSR count). The summed E-state index contributed by atoms with van der Waals surface area (Å²) in [5.74, 6) is -0.598. The van der Waals surface area contributed by atoms with E-state index in [0.29, 0.717) is 37.6 Å². The van der Waals surface area contributed by atoms with Gasteiger partial charge in [0.15, 0.2) is 0 Å². The van der Waals surface area contributed by atoms with E-state index in [2.05, 4.69) is 12.1 Å². The van der Waals surface area contributed by atoms with Gasteiger partial charge in [0.2, 0.25) is 10.0 Å². The van der Waals surface area contributed by atoms with Crippen molar-refractivity contribution in [3.8, 4) is 0 Å². The molecule has 2 aromatic carbocycles. The van der Waals surface area contributed by atoms with Gasteiger partial charge in [0, 0.05) is 23.5 Å². The predicted molar refractivity (Wildman–Crippen MR) is 121 cm³/mol. The summed E-state index contributed by atoms with van der Waals surface area (Å²) >= 11 is 5.91. The van der Waals surface area contributed by atoms with Gasteiger partial charge >= 0.3 is 5.97 Å². The van der Waals surface area contributed by atoms with Gasteiger partial charge in [-0.25, -0.2) is 8.42 Å². The summed E-state index contributed by atoms with van der Waals surface area (Å²) in [5, 5.41) is 0.507. The lowest BCUT2D eigenvalue weighted by Crippen LogP contribution is -2.43. The predicted octanol–water partition coefficient (Wildman–Crippen LogP) is 4.66. The zero-order chi connectivity index (χ0) is 22.2. The first-order chi connectivity index (χ1) is 14.8. The zero-order valence-corrected chi connectivity index (χ0v) is 19.2. The van der Waals surface area contributed by atoms with Crippen LogP contribution in [-0.4, -0.2) is 38.4 Å². The molecule has 1 saturated heterocycles. The minimum Gasteiger partial charge on any atom is -0.466 e. The van der Waals surface area contributed by atoms with E-state index >= 15 is 0 Å². The molecule has 0 aromatic heterocycles. The Balaban J connectivity index is 1.61. The van der Waals surface area contributed by atoms with Crippen LogP contribution in [0.15, 0.2) is 59.5 Å². The molecule has 164 valence electrons. The maximum atomic E-state index is 13.1. The van der Waals surface area contributed by atoms with E-state index < -0.39 is 10.0 Å². The number of piperidine rings is 1. The normalized spacial score (nSPS) is 19.0. The van der Waals surface area contributed by atoms with Crippen molar-refractivity contribution in [2.45, 2.75) is 37.0 Å². The van der Waals surface area contributed by atoms with E-state index in [1.165, 1.54) is 5.56 Å². The van der Waals surface area contributed by atoms with Gasteiger partial charge in [-0.3, -0.25) is 4.79 Å². The fraction of sp³-hybridized carbons (Fsp3) is 0.375. The standard InChI is InChI=1S/C24H26ClNO4S/c1-3-30-23(27)17(2)21-16-24(22-7-5-4-6-20(21)22)12-14-26(15-13-24)31(28,29)19-10-8-18(25)9-11-19/h4-11,16-17H,3,12-15H2,1-2H3. The van der Waals surface area contributed by atoms with Crippen LogP contribution >= 0.6 is 11.6 Å². The third-order valence-corrected chi connectivity index (χ3v) is 8.54. The number of rotatable bonds is 5. The maximum absolute atomic E-state index is 13.1. The number of fused-ring (bicyclic) bond motifs is 2. The number of sulfonamides is 1. The van der Waals surface area contributed by atoms with Gasteiger partial charge in [-0.15, -0.1) is 0 Å². The number of esters is 1. The van der Waals surface area contributed by atoms with Gasteiger partial charge in [0.25, 0.3) is 0 Å². The Morgan fingerprint density at radius 1 is 1.13 bits per heavy atom. The number of hydrogen-bond donors (Lipinski definition) is 0. The Morgan fingerprint density at radius 3 is 2.42 bits per heavy atom. The lowest BCUT2D eigenvalue weighted by molar-refractivity contribution is -0.145. The van der Waals surface area contributed by atoms with E-state index in [1.807, 2.05) is 25.1 Å². The topological polar surface area (TPSA) is 63.7 Å². The minimum absolute atomic E-state index is 0.233. The molecule has 31 heavy (non-hydrogen) atoms. The molecule has 2 aromatic rings. The maximum Gasteiger partial charge on any atom is 0.313 e. The van der Waals surface area contributed by atoms with Crippen LogP contribution in [0.1, 0.15) is 37.8 Å².